The summed E-state index contributed by atoms with van der Waals surface area (Å²) in [5, 5.41) is 6.65. The van der Waals surface area contributed by atoms with Crippen LogP contribution in [0.2, 0.25) is 0 Å². The molecule has 9 rings (SSSR count). The highest BCUT2D eigenvalue weighted by atomic mass is 16.3. The Morgan fingerprint density at radius 1 is 0.519 bits per heavy atom. The highest BCUT2D eigenvalue weighted by molar-refractivity contribution is 6.25. The van der Waals surface area contributed by atoms with E-state index in [1.165, 1.54) is 27.5 Å². The Labute approximate surface area is 302 Å². The molecule has 2 N–H and O–H groups in total. The van der Waals surface area contributed by atoms with E-state index < -0.39 is 0 Å². The summed E-state index contributed by atoms with van der Waals surface area (Å²) in [7, 11) is 0. The maximum Gasteiger partial charge on any atom is 0.157 e. The highest BCUT2D eigenvalue weighted by Gasteiger charge is 2.18. The van der Waals surface area contributed by atoms with E-state index in [0.29, 0.717) is 11.7 Å². The van der Waals surface area contributed by atoms with Crippen LogP contribution in [-0.2, 0) is 0 Å². The third kappa shape index (κ3) is 5.80. The van der Waals surface area contributed by atoms with Crippen molar-refractivity contribution < 1.29 is 4.42 Å². The average molecular weight is 670 g/mol. The van der Waals surface area contributed by atoms with E-state index in [4.69, 9.17) is 20.1 Å². The molecule has 52 heavy (non-hydrogen) atoms. The zero-order valence-corrected chi connectivity index (χ0v) is 28.7. The minimum atomic E-state index is -0.150. The summed E-state index contributed by atoms with van der Waals surface area (Å²) in [6, 6.07) is 60.7. The second-order valence-corrected chi connectivity index (χ2v) is 13.2. The fourth-order valence-electron chi connectivity index (χ4n) is 7.17. The summed E-state index contributed by atoms with van der Waals surface area (Å²) >= 11 is 0. The van der Waals surface area contributed by atoms with Gasteiger partial charge in [0.05, 0.1) is 6.04 Å². The molecule has 1 aromatic heterocycles. The molecule has 248 valence electrons. The van der Waals surface area contributed by atoms with Crippen molar-refractivity contribution in [3.63, 3.8) is 0 Å². The molecule has 4 heteroatoms. The third-order valence-electron chi connectivity index (χ3n) is 9.91. The van der Waals surface area contributed by atoms with Gasteiger partial charge in [0.25, 0.3) is 0 Å². The molecule has 0 radical (unpaired) electrons. The Kier molecular flexibility index (Phi) is 7.90. The molecule has 8 aromatic carbocycles. The summed E-state index contributed by atoms with van der Waals surface area (Å²) in [5.74, 6) is 0.955. The molecule has 1 atom stereocenters. The second kappa shape index (κ2) is 13.2. The van der Waals surface area contributed by atoms with Crippen LogP contribution >= 0.6 is 0 Å². The number of fused-ring (bicyclic) bond motifs is 6. The van der Waals surface area contributed by atoms with Gasteiger partial charge in [-0.25, -0.2) is 4.99 Å². The first-order valence-electron chi connectivity index (χ1n) is 17.6. The topological polar surface area (TPSA) is 63.9 Å². The van der Waals surface area contributed by atoms with Crippen LogP contribution in [0.4, 0.5) is 0 Å². The molecule has 0 fully saturated rings. The van der Waals surface area contributed by atoms with Crippen molar-refractivity contribution in [3.05, 3.63) is 193 Å². The zero-order chi connectivity index (χ0) is 35.0. The van der Waals surface area contributed by atoms with Gasteiger partial charge in [-0.3, -0.25) is 4.99 Å². The quantitative estimate of drug-likeness (QED) is 0.141. The highest BCUT2D eigenvalue weighted by Crippen LogP contribution is 2.39. The fourth-order valence-corrected chi connectivity index (χ4v) is 7.17. The number of benzene rings is 8. The first kappa shape index (κ1) is 31.2. The van der Waals surface area contributed by atoms with Crippen LogP contribution in [0.1, 0.15) is 29.7 Å². The predicted molar refractivity (Wildman–Crippen MR) is 218 cm³/mol. The van der Waals surface area contributed by atoms with Crippen LogP contribution in [0.25, 0.3) is 65.7 Å². The lowest BCUT2D eigenvalue weighted by Gasteiger charge is -2.12. The molecule has 4 nitrogen and oxygen atoms in total. The van der Waals surface area contributed by atoms with E-state index in [9.17, 15) is 0 Å². The van der Waals surface area contributed by atoms with Gasteiger partial charge in [-0.05, 0) is 80.6 Å². The van der Waals surface area contributed by atoms with Crippen LogP contribution in [0.15, 0.2) is 190 Å². The SMILES string of the molecule is CC(N=C(N=C(N)c1cc2oc3ccc(-c4ccc5ccccc5c4)cc3c2c2ccccc12)c1ccccc1)c1ccc(-c2ccccc2)cc1. The lowest BCUT2D eigenvalue weighted by atomic mass is 9.96. The average Bonchev–Trinajstić information content (AvgIpc) is 3.59. The number of nitrogens with zero attached hydrogens (tertiary/aromatic N) is 2. The van der Waals surface area contributed by atoms with Crippen molar-refractivity contribution in [2.24, 2.45) is 15.7 Å². The molecular weight excluding hydrogens is 635 g/mol. The van der Waals surface area contributed by atoms with E-state index >= 15 is 0 Å². The van der Waals surface area contributed by atoms with Gasteiger partial charge in [-0.15, -0.1) is 0 Å². The van der Waals surface area contributed by atoms with E-state index in [0.717, 1.165) is 55.0 Å². The third-order valence-corrected chi connectivity index (χ3v) is 9.91. The molecule has 0 aliphatic rings. The number of amidine groups is 2. The Morgan fingerprint density at radius 3 is 1.92 bits per heavy atom. The minimum absolute atomic E-state index is 0.150. The van der Waals surface area contributed by atoms with Gasteiger partial charge in [-0.2, -0.15) is 0 Å². The number of nitrogens with two attached hydrogens (primary N) is 1. The number of hydrogen-bond donors (Lipinski definition) is 1. The molecule has 0 spiro atoms. The smallest absolute Gasteiger partial charge is 0.157 e. The van der Waals surface area contributed by atoms with E-state index in [2.05, 4.69) is 134 Å². The molecular formula is C48H35N3O. The molecule has 0 aliphatic heterocycles. The Hall–Kier alpha value is -6.78. The first-order valence-corrected chi connectivity index (χ1v) is 17.6. The van der Waals surface area contributed by atoms with Crippen LogP contribution in [0.5, 0.6) is 0 Å². The van der Waals surface area contributed by atoms with Crippen molar-refractivity contribution in [1.82, 2.24) is 0 Å². The molecule has 1 heterocycles. The molecule has 0 aliphatic carbocycles. The van der Waals surface area contributed by atoms with Crippen molar-refractivity contribution in [2.45, 2.75) is 13.0 Å². The fraction of sp³-hybridized carbons (Fsp3) is 0.0417. The summed E-state index contributed by atoms with van der Waals surface area (Å²) in [5.41, 5.74) is 16.0. The molecule has 0 saturated carbocycles. The Bertz CT molecular complexity index is 2800. The van der Waals surface area contributed by atoms with Crippen LogP contribution in [-0.4, -0.2) is 11.7 Å². The number of aliphatic imine (C=N–C) groups is 2. The second-order valence-electron chi connectivity index (χ2n) is 13.2. The van der Waals surface area contributed by atoms with E-state index in [-0.39, 0.29) is 6.04 Å². The van der Waals surface area contributed by atoms with Crippen molar-refractivity contribution in [3.8, 4) is 22.3 Å². The zero-order valence-electron chi connectivity index (χ0n) is 28.7. The standard InChI is InChI=1S/C48H35N3O/c1-31(32-20-22-35(23-21-32)33-12-4-2-5-13-33)50-48(36-15-6-3-7-16-36)51-47(49)42-30-45-46(41-19-11-10-18-40(41)42)43-29-39(26-27-44(43)52-45)38-25-24-34-14-8-9-17-37(34)28-38/h2-31H,1H3,(H2,49,50,51). The van der Waals surface area contributed by atoms with Crippen LogP contribution in [0, 0.1) is 0 Å². The molecule has 9 aromatic rings. The van der Waals surface area contributed by atoms with Gasteiger partial charge in [-0.1, -0.05) is 152 Å². The van der Waals surface area contributed by atoms with Crippen molar-refractivity contribution in [2.75, 3.05) is 0 Å². The van der Waals surface area contributed by atoms with E-state index in [1.54, 1.807) is 0 Å². The Morgan fingerprint density at radius 2 is 1.13 bits per heavy atom. The molecule has 0 amide bonds. The van der Waals surface area contributed by atoms with Gasteiger partial charge in [0.1, 0.15) is 17.0 Å². The van der Waals surface area contributed by atoms with Gasteiger partial charge >= 0.3 is 0 Å². The monoisotopic (exact) mass is 669 g/mol. The largest absolute Gasteiger partial charge is 0.456 e. The lowest BCUT2D eigenvalue weighted by molar-refractivity contribution is 0.669. The van der Waals surface area contributed by atoms with Crippen LogP contribution in [0.3, 0.4) is 0 Å². The van der Waals surface area contributed by atoms with Gasteiger partial charge in [0.15, 0.2) is 5.84 Å². The van der Waals surface area contributed by atoms with Gasteiger partial charge in [0, 0.05) is 21.9 Å². The van der Waals surface area contributed by atoms with E-state index in [1.807, 2.05) is 48.5 Å². The van der Waals surface area contributed by atoms with Crippen LogP contribution < -0.4 is 5.73 Å². The number of furan rings is 1. The summed E-state index contributed by atoms with van der Waals surface area (Å²) < 4.78 is 6.53. The van der Waals surface area contributed by atoms with Crippen molar-refractivity contribution >= 4 is 55.2 Å². The molecule has 0 saturated heterocycles. The molecule has 0 bridgehead atoms. The summed E-state index contributed by atoms with van der Waals surface area (Å²) in [4.78, 5) is 10.2. The summed E-state index contributed by atoms with van der Waals surface area (Å²) in [6.07, 6.45) is 0. The lowest BCUT2D eigenvalue weighted by Crippen LogP contribution is -2.17. The maximum absolute atomic E-state index is 6.96. The normalized spacial score (nSPS) is 12.9. The first-order chi connectivity index (χ1) is 25.6. The van der Waals surface area contributed by atoms with Crippen molar-refractivity contribution in [1.29, 1.82) is 0 Å². The minimum Gasteiger partial charge on any atom is -0.456 e. The van der Waals surface area contributed by atoms with Gasteiger partial charge in [0.2, 0.25) is 0 Å². The van der Waals surface area contributed by atoms with Gasteiger partial charge < -0.3 is 10.2 Å². The molecule has 1 unspecified atom stereocenters. The maximum atomic E-state index is 6.96. The number of hydrogen-bond acceptors (Lipinski definition) is 2. The number of rotatable bonds is 6. The summed E-state index contributed by atoms with van der Waals surface area (Å²) in [6.45, 7) is 2.09. The Balaban J connectivity index is 1.13. The predicted octanol–water partition coefficient (Wildman–Crippen LogP) is 12.1.